The molecule has 0 unspecified atom stereocenters. The van der Waals surface area contributed by atoms with E-state index in [1.165, 1.54) is 12.1 Å². The molecule has 194 valence electrons. The van der Waals surface area contributed by atoms with Gasteiger partial charge in [0.2, 0.25) is 11.8 Å². The summed E-state index contributed by atoms with van der Waals surface area (Å²) in [5.74, 6) is 5.85. The number of ether oxygens (including phenoxy) is 1. The van der Waals surface area contributed by atoms with Gasteiger partial charge in [0.25, 0.3) is 5.56 Å². The Kier molecular flexibility index (Phi) is 8.96. The number of carbonyl (C=O) groups is 2. The second-order valence-electron chi connectivity index (χ2n) is 10.5. The monoisotopic (exact) mass is 513 g/mol. The molecule has 1 atom stereocenters. The van der Waals surface area contributed by atoms with E-state index in [1.807, 2.05) is 27.7 Å². The summed E-state index contributed by atoms with van der Waals surface area (Å²) in [7, 11) is 0. The van der Waals surface area contributed by atoms with Crippen molar-refractivity contribution >= 4 is 28.9 Å². The smallest absolute Gasteiger partial charge is 0.348 e. The Bertz CT molecular complexity index is 1170. The molecule has 0 saturated heterocycles. The van der Waals surface area contributed by atoms with Crippen LogP contribution in [-0.2, 0) is 4.79 Å². The van der Waals surface area contributed by atoms with Crippen molar-refractivity contribution in [1.82, 2.24) is 10.2 Å². The number of amides is 1. The van der Waals surface area contributed by atoms with Crippen molar-refractivity contribution in [2.24, 2.45) is 17.3 Å². The van der Waals surface area contributed by atoms with Crippen LogP contribution in [0.1, 0.15) is 81.3 Å². The molecule has 2 heterocycles. The zero-order chi connectivity index (χ0) is 26.5. The highest BCUT2D eigenvalue weighted by molar-refractivity contribution is 7.15. The van der Waals surface area contributed by atoms with Crippen molar-refractivity contribution in [2.75, 3.05) is 11.5 Å². The number of aromatic nitrogens is 2. The fraction of sp³-hybridized carbons (Fsp3) is 0.556. The van der Waals surface area contributed by atoms with Crippen LogP contribution in [-0.4, -0.2) is 39.8 Å². The summed E-state index contributed by atoms with van der Waals surface area (Å²) in [6.45, 7) is 10.3. The molecule has 2 aromatic heterocycles. The van der Waals surface area contributed by atoms with Crippen LogP contribution in [0.3, 0.4) is 0 Å². The van der Waals surface area contributed by atoms with Gasteiger partial charge in [-0.3, -0.25) is 9.59 Å². The van der Waals surface area contributed by atoms with E-state index in [2.05, 4.69) is 29.0 Å². The summed E-state index contributed by atoms with van der Waals surface area (Å²) in [6, 6.07) is 4.22. The molecule has 0 spiro atoms. The van der Waals surface area contributed by atoms with Gasteiger partial charge in [-0.1, -0.05) is 18.8 Å². The minimum Gasteiger partial charge on any atom is -0.477 e. The van der Waals surface area contributed by atoms with Gasteiger partial charge in [0.05, 0.1) is 17.2 Å². The first-order valence-electron chi connectivity index (χ1n) is 12.4. The fourth-order valence-electron chi connectivity index (χ4n) is 4.18. The summed E-state index contributed by atoms with van der Waals surface area (Å²) in [6.07, 6.45) is 4.01. The van der Waals surface area contributed by atoms with Crippen LogP contribution in [0.2, 0.25) is 0 Å². The van der Waals surface area contributed by atoms with Gasteiger partial charge in [-0.2, -0.15) is 0 Å². The molecule has 8 nitrogen and oxygen atoms in total. The van der Waals surface area contributed by atoms with Crippen LogP contribution in [0.15, 0.2) is 23.0 Å². The van der Waals surface area contributed by atoms with Crippen molar-refractivity contribution in [1.29, 1.82) is 0 Å². The quantitative estimate of drug-likeness (QED) is 0.483. The maximum Gasteiger partial charge on any atom is 0.348 e. The van der Waals surface area contributed by atoms with E-state index in [0.717, 1.165) is 37.0 Å². The lowest BCUT2D eigenvalue weighted by Crippen LogP contribution is -2.44. The largest absolute Gasteiger partial charge is 0.477 e. The van der Waals surface area contributed by atoms with Crippen LogP contribution < -0.4 is 15.2 Å². The number of hydrogen-bond acceptors (Lipinski definition) is 6. The molecule has 0 aromatic carbocycles. The van der Waals surface area contributed by atoms with Crippen LogP contribution in [0.5, 0.6) is 5.88 Å². The molecule has 2 aromatic rings. The number of carbonyl (C=O) groups excluding carboxylic acids is 1. The van der Waals surface area contributed by atoms with Gasteiger partial charge < -0.3 is 14.7 Å². The van der Waals surface area contributed by atoms with Gasteiger partial charge in [0.1, 0.15) is 4.88 Å². The molecular weight excluding hydrogens is 478 g/mol. The van der Waals surface area contributed by atoms with E-state index < -0.39 is 5.97 Å². The summed E-state index contributed by atoms with van der Waals surface area (Å²) in [4.78, 5) is 39.6. The average molecular weight is 514 g/mol. The molecule has 3 rings (SSSR count). The van der Waals surface area contributed by atoms with Crippen molar-refractivity contribution in [3.05, 3.63) is 38.3 Å². The van der Waals surface area contributed by atoms with E-state index in [9.17, 15) is 19.5 Å². The van der Waals surface area contributed by atoms with Gasteiger partial charge in [0, 0.05) is 35.9 Å². The van der Waals surface area contributed by atoms with Gasteiger partial charge >= 0.3 is 5.97 Å². The van der Waals surface area contributed by atoms with Crippen molar-refractivity contribution < 1.29 is 19.4 Å². The molecular formula is C27H35N3O5S. The third-order valence-corrected chi connectivity index (χ3v) is 7.24. The standard InChI is InChI=1S/C27H35N3O5S/c1-17-6-8-19(9-7-17)25(32)30(18(2)13-15-35-23-11-10-22(31)28-29-23)21-16-20(12-14-27(3,4)5)36-24(21)26(33)34/h10-11,16-19H,6-9,13,15H2,1-5H3,(H,28,31)(H,33,34)/t17?,18-,19?/m0/s1. The third-order valence-electron chi connectivity index (χ3n) is 6.21. The van der Waals surface area contributed by atoms with Crippen molar-refractivity contribution in [3.8, 4) is 17.7 Å². The zero-order valence-electron chi connectivity index (χ0n) is 21.6. The average Bonchev–Trinajstić information content (AvgIpc) is 3.23. The Balaban J connectivity index is 1.90. The molecule has 1 aliphatic carbocycles. The zero-order valence-corrected chi connectivity index (χ0v) is 22.4. The number of hydrogen-bond donors (Lipinski definition) is 2. The number of carboxylic acids is 1. The molecule has 1 amide bonds. The first kappa shape index (κ1) is 27.5. The lowest BCUT2D eigenvalue weighted by atomic mass is 9.82. The third kappa shape index (κ3) is 7.44. The second kappa shape index (κ2) is 11.7. The number of carboxylic acid groups (broad SMARTS) is 1. The van der Waals surface area contributed by atoms with Crippen LogP contribution in [0, 0.1) is 29.1 Å². The van der Waals surface area contributed by atoms with E-state index >= 15 is 0 Å². The van der Waals surface area contributed by atoms with E-state index in [1.54, 1.807) is 11.0 Å². The van der Waals surface area contributed by atoms with Gasteiger partial charge in [-0.05, 0) is 65.4 Å². The number of aromatic amines is 1. The molecule has 1 saturated carbocycles. The van der Waals surface area contributed by atoms with Crippen molar-refractivity contribution in [2.45, 2.75) is 72.8 Å². The predicted molar refractivity (Wildman–Crippen MR) is 141 cm³/mol. The van der Waals surface area contributed by atoms with E-state index in [-0.39, 0.29) is 46.2 Å². The summed E-state index contributed by atoms with van der Waals surface area (Å²) in [5.41, 5.74) is -0.162. The molecule has 36 heavy (non-hydrogen) atoms. The Hall–Kier alpha value is -3.12. The molecule has 0 radical (unpaired) electrons. The summed E-state index contributed by atoms with van der Waals surface area (Å²) >= 11 is 1.10. The fourth-order valence-corrected chi connectivity index (χ4v) is 5.02. The molecule has 1 aliphatic rings. The summed E-state index contributed by atoms with van der Waals surface area (Å²) < 4.78 is 5.66. The second-order valence-corrected chi connectivity index (χ2v) is 11.6. The number of rotatable bonds is 8. The molecule has 0 aliphatic heterocycles. The molecule has 9 heteroatoms. The normalized spacial score (nSPS) is 18.6. The van der Waals surface area contributed by atoms with Gasteiger partial charge in [0.15, 0.2) is 0 Å². The minimum atomic E-state index is -1.07. The maximum atomic E-state index is 13.8. The Labute approximate surface area is 216 Å². The number of nitrogens with zero attached hydrogens (tertiary/aromatic N) is 2. The number of thiophene rings is 1. The molecule has 2 N–H and O–H groups in total. The Morgan fingerprint density at radius 1 is 1.28 bits per heavy atom. The highest BCUT2D eigenvalue weighted by Crippen LogP contribution is 2.36. The lowest BCUT2D eigenvalue weighted by Gasteiger charge is -2.34. The SMILES string of the molecule is CC1CCC(C(=O)N(c2cc(C#CC(C)(C)C)sc2C(=O)O)[C@@H](C)CCOc2ccc(=O)[nH]n2)CC1. The predicted octanol–water partition coefficient (Wildman–Crippen LogP) is 4.94. The lowest BCUT2D eigenvalue weighted by molar-refractivity contribution is -0.124. The Morgan fingerprint density at radius 2 is 1.97 bits per heavy atom. The van der Waals surface area contributed by atoms with Crippen molar-refractivity contribution in [3.63, 3.8) is 0 Å². The first-order valence-corrected chi connectivity index (χ1v) is 13.2. The molecule has 1 fully saturated rings. The number of aromatic carboxylic acids is 1. The maximum absolute atomic E-state index is 13.8. The van der Waals surface area contributed by atoms with E-state index in [0.29, 0.717) is 22.9 Å². The minimum absolute atomic E-state index is 0.0489. The summed E-state index contributed by atoms with van der Waals surface area (Å²) in [5, 5.41) is 16.1. The van der Waals surface area contributed by atoms with Gasteiger partial charge in [-0.15, -0.1) is 16.4 Å². The topological polar surface area (TPSA) is 113 Å². The number of nitrogens with one attached hydrogen (secondary N) is 1. The van der Waals surface area contributed by atoms with Crippen LogP contribution >= 0.6 is 11.3 Å². The first-order chi connectivity index (χ1) is 16.9. The van der Waals surface area contributed by atoms with E-state index in [4.69, 9.17) is 4.74 Å². The Morgan fingerprint density at radius 3 is 2.56 bits per heavy atom. The number of anilines is 1. The van der Waals surface area contributed by atoms with Crippen LogP contribution in [0.25, 0.3) is 0 Å². The molecule has 0 bridgehead atoms. The van der Waals surface area contributed by atoms with Crippen LogP contribution in [0.4, 0.5) is 5.69 Å². The highest BCUT2D eigenvalue weighted by atomic mass is 32.1. The van der Waals surface area contributed by atoms with Gasteiger partial charge in [-0.25, -0.2) is 9.89 Å². The number of H-pyrrole nitrogens is 1. The highest BCUT2D eigenvalue weighted by Gasteiger charge is 2.34.